The van der Waals surface area contributed by atoms with Crippen molar-refractivity contribution in [3.05, 3.63) is 94.3 Å². The van der Waals surface area contributed by atoms with Crippen molar-refractivity contribution in [1.82, 2.24) is 5.32 Å². The predicted molar refractivity (Wildman–Crippen MR) is 124 cm³/mol. The molecule has 12 heteroatoms. The summed E-state index contributed by atoms with van der Waals surface area (Å²) in [5.74, 6) is -2.19. The summed E-state index contributed by atoms with van der Waals surface area (Å²) in [7, 11) is 0. The lowest BCUT2D eigenvalue weighted by Crippen LogP contribution is -2.38. The molecule has 9 nitrogen and oxygen atoms in total. The number of nitro groups is 1. The molecule has 0 aromatic heterocycles. The van der Waals surface area contributed by atoms with E-state index in [2.05, 4.69) is 16.0 Å². The Morgan fingerprint density at radius 3 is 2.17 bits per heavy atom. The zero-order valence-electron chi connectivity index (χ0n) is 18.1. The summed E-state index contributed by atoms with van der Waals surface area (Å²) in [4.78, 5) is 36.4. The fourth-order valence-corrected chi connectivity index (χ4v) is 3.02. The number of anilines is 3. The van der Waals surface area contributed by atoms with Crippen LogP contribution >= 0.6 is 0 Å². The normalized spacial score (nSPS) is 10.4. The van der Waals surface area contributed by atoms with Gasteiger partial charge in [0, 0.05) is 42.7 Å². The van der Waals surface area contributed by atoms with E-state index >= 15 is 0 Å². The minimum atomic E-state index is -0.925. The first-order chi connectivity index (χ1) is 16.7. The molecule has 3 aromatic carbocycles. The number of nitrogens with zero attached hydrogens (tertiary/aromatic N) is 2. The lowest BCUT2D eigenvalue weighted by Gasteiger charge is -2.23. The molecule has 3 rings (SSSR count). The first kappa shape index (κ1) is 25.0. The Hall–Kier alpha value is -4.61. The van der Waals surface area contributed by atoms with E-state index in [0.717, 1.165) is 12.1 Å². The molecule has 0 aliphatic carbocycles. The molecule has 0 radical (unpaired) electrons. The number of rotatable bonds is 8. The first-order valence-electron chi connectivity index (χ1n) is 10.3. The number of benzene rings is 3. The van der Waals surface area contributed by atoms with Crippen LogP contribution in [0.5, 0.6) is 0 Å². The molecule has 0 unspecified atom stereocenters. The molecule has 35 heavy (non-hydrogen) atoms. The zero-order valence-corrected chi connectivity index (χ0v) is 18.1. The molecular weight excluding hydrogens is 467 g/mol. The van der Waals surface area contributed by atoms with Crippen LogP contribution in [0.4, 0.5) is 45.5 Å². The summed E-state index contributed by atoms with van der Waals surface area (Å²) in [5.41, 5.74) is 0.359. The van der Waals surface area contributed by atoms with E-state index in [4.69, 9.17) is 0 Å². The van der Waals surface area contributed by atoms with Crippen LogP contribution in [0, 0.1) is 27.6 Å². The molecule has 0 fully saturated rings. The summed E-state index contributed by atoms with van der Waals surface area (Å²) in [5, 5.41) is 18.2. The van der Waals surface area contributed by atoms with Crippen LogP contribution in [-0.2, 0) is 0 Å². The molecule has 0 heterocycles. The number of hydrogen-bond donors (Lipinski definition) is 3. The first-order valence-corrected chi connectivity index (χ1v) is 10.3. The summed E-state index contributed by atoms with van der Waals surface area (Å²) >= 11 is 0. The number of halogens is 3. The van der Waals surface area contributed by atoms with Gasteiger partial charge in [0.1, 0.15) is 17.5 Å². The monoisotopic (exact) mass is 487 g/mol. The third-order valence-electron chi connectivity index (χ3n) is 4.74. The van der Waals surface area contributed by atoms with E-state index in [9.17, 15) is 32.9 Å². The van der Waals surface area contributed by atoms with Crippen molar-refractivity contribution in [2.45, 2.75) is 6.42 Å². The van der Waals surface area contributed by atoms with Gasteiger partial charge < -0.3 is 16.0 Å². The van der Waals surface area contributed by atoms with Gasteiger partial charge in [-0.3, -0.25) is 15.0 Å². The van der Waals surface area contributed by atoms with Crippen LogP contribution in [-0.4, -0.2) is 30.1 Å². The van der Waals surface area contributed by atoms with Crippen LogP contribution < -0.4 is 20.9 Å². The van der Waals surface area contributed by atoms with Crippen LogP contribution in [0.2, 0.25) is 0 Å². The van der Waals surface area contributed by atoms with Gasteiger partial charge in [0.15, 0.2) is 0 Å². The Morgan fingerprint density at radius 1 is 0.886 bits per heavy atom. The average Bonchev–Trinajstić information content (AvgIpc) is 2.82. The second-order valence-corrected chi connectivity index (χ2v) is 7.22. The fraction of sp³-hybridized carbons (Fsp3) is 0.130. The van der Waals surface area contributed by atoms with Crippen LogP contribution in [0.3, 0.4) is 0 Å². The lowest BCUT2D eigenvalue weighted by molar-refractivity contribution is -0.384. The highest BCUT2D eigenvalue weighted by atomic mass is 19.1. The number of non-ortho nitro benzene ring substituents is 1. The molecule has 0 aliphatic heterocycles. The predicted octanol–water partition coefficient (Wildman–Crippen LogP) is 5.26. The second kappa shape index (κ2) is 11.5. The quantitative estimate of drug-likeness (QED) is 0.228. The fourth-order valence-electron chi connectivity index (χ4n) is 3.02. The number of carbonyl (C=O) groups excluding carboxylic acids is 2. The maximum Gasteiger partial charge on any atom is 0.326 e. The maximum atomic E-state index is 13.7. The van der Waals surface area contributed by atoms with E-state index < -0.39 is 34.4 Å². The summed E-state index contributed by atoms with van der Waals surface area (Å²) in [6.07, 6.45) is 0.268. The highest BCUT2D eigenvalue weighted by molar-refractivity contribution is 6.01. The standard InChI is InChI=1S/C23H20F3N5O4/c24-15-2-7-18(8-3-15)30(23(33)28-17-5-9-19(10-6-17)31(34)35)13-1-12-27-22(32)29-21-11-4-16(25)14-20(21)26/h2-11,14H,1,12-13H2,(H,28,33)(H2,27,29,32). The van der Waals surface area contributed by atoms with Crippen molar-refractivity contribution < 1.29 is 27.7 Å². The number of amides is 4. The van der Waals surface area contributed by atoms with Crippen molar-refractivity contribution in [3.63, 3.8) is 0 Å². The van der Waals surface area contributed by atoms with Gasteiger partial charge in [-0.05, 0) is 55.0 Å². The smallest absolute Gasteiger partial charge is 0.326 e. The second-order valence-electron chi connectivity index (χ2n) is 7.22. The molecule has 3 N–H and O–H groups in total. The Bertz CT molecular complexity index is 1210. The Balaban J connectivity index is 1.59. The summed E-state index contributed by atoms with van der Waals surface area (Å²) < 4.78 is 40.0. The van der Waals surface area contributed by atoms with E-state index in [1.165, 1.54) is 53.4 Å². The number of nitrogens with one attached hydrogen (secondary N) is 3. The van der Waals surface area contributed by atoms with Gasteiger partial charge in [0.25, 0.3) is 5.69 Å². The van der Waals surface area contributed by atoms with Crippen LogP contribution in [0.1, 0.15) is 6.42 Å². The van der Waals surface area contributed by atoms with Gasteiger partial charge in [-0.15, -0.1) is 0 Å². The Labute approximate surface area is 197 Å². The van der Waals surface area contributed by atoms with Gasteiger partial charge in [-0.2, -0.15) is 0 Å². The molecule has 0 atom stereocenters. The van der Waals surface area contributed by atoms with E-state index in [-0.39, 0.29) is 30.9 Å². The van der Waals surface area contributed by atoms with Gasteiger partial charge in [0.2, 0.25) is 0 Å². The molecule has 0 aliphatic rings. The van der Waals surface area contributed by atoms with Crippen molar-refractivity contribution in [1.29, 1.82) is 0 Å². The van der Waals surface area contributed by atoms with Crippen molar-refractivity contribution >= 4 is 34.8 Å². The van der Waals surface area contributed by atoms with Gasteiger partial charge in [-0.1, -0.05) is 0 Å². The van der Waals surface area contributed by atoms with Crippen LogP contribution in [0.25, 0.3) is 0 Å². The molecule has 0 saturated heterocycles. The van der Waals surface area contributed by atoms with Gasteiger partial charge in [-0.25, -0.2) is 22.8 Å². The van der Waals surface area contributed by atoms with Crippen molar-refractivity contribution in [3.8, 4) is 0 Å². The molecular formula is C23H20F3N5O4. The number of carbonyl (C=O) groups is 2. The van der Waals surface area contributed by atoms with E-state index in [1.807, 2.05) is 0 Å². The highest BCUT2D eigenvalue weighted by Crippen LogP contribution is 2.20. The van der Waals surface area contributed by atoms with Crippen LogP contribution in [0.15, 0.2) is 66.7 Å². The lowest BCUT2D eigenvalue weighted by atomic mass is 10.2. The molecule has 0 spiro atoms. The Morgan fingerprint density at radius 2 is 1.54 bits per heavy atom. The topological polar surface area (TPSA) is 117 Å². The van der Waals surface area contributed by atoms with Gasteiger partial charge >= 0.3 is 12.1 Å². The third kappa shape index (κ3) is 7.19. The van der Waals surface area contributed by atoms with Gasteiger partial charge in [0.05, 0.1) is 10.6 Å². The number of nitro benzene ring substituents is 1. The minimum absolute atomic E-state index is 0.0944. The molecule has 4 amide bonds. The number of urea groups is 2. The van der Waals surface area contributed by atoms with Crippen molar-refractivity contribution in [2.24, 2.45) is 0 Å². The molecule has 182 valence electrons. The minimum Gasteiger partial charge on any atom is -0.338 e. The summed E-state index contributed by atoms with van der Waals surface area (Å²) in [6.45, 7) is 0.201. The Kier molecular flexibility index (Phi) is 8.22. The molecule has 0 bridgehead atoms. The average molecular weight is 487 g/mol. The SMILES string of the molecule is O=C(NCCCN(C(=O)Nc1ccc([N+](=O)[O-])cc1)c1ccc(F)cc1)Nc1ccc(F)cc1F. The summed E-state index contributed by atoms with van der Waals surface area (Å²) in [6, 6.07) is 11.8. The number of hydrogen-bond acceptors (Lipinski definition) is 4. The molecule has 3 aromatic rings. The maximum absolute atomic E-state index is 13.7. The third-order valence-corrected chi connectivity index (χ3v) is 4.74. The van der Waals surface area contributed by atoms with E-state index in [0.29, 0.717) is 17.4 Å². The zero-order chi connectivity index (χ0) is 25.4. The largest absolute Gasteiger partial charge is 0.338 e. The molecule has 0 saturated carbocycles. The van der Waals surface area contributed by atoms with E-state index in [1.54, 1.807) is 0 Å². The highest BCUT2D eigenvalue weighted by Gasteiger charge is 2.17. The van der Waals surface area contributed by atoms with Crippen molar-refractivity contribution in [2.75, 3.05) is 28.6 Å².